The third kappa shape index (κ3) is 3.96. The number of anilines is 1. The molecule has 114 valence electrons. The first-order chi connectivity index (χ1) is 10.5. The van der Waals surface area contributed by atoms with Crippen molar-refractivity contribution in [3.63, 3.8) is 0 Å². The summed E-state index contributed by atoms with van der Waals surface area (Å²) in [5, 5.41) is 13.4. The Bertz CT molecular complexity index is 702. The minimum atomic E-state index is 0.236. The Morgan fingerprint density at radius 2 is 1.95 bits per heavy atom. The molecule has 0 bridgehead atoms. The summed E-state index contributed by atoms with van der Waals surface area (Å²) in [4.78, 5) is 0. The molecule has 0 radical (unpaired) electrons. The van der Waals surface area contributed by atoms with Gasteiger partial charge >= 0.3 is 0 Å². The van der Waals surface area contributed by atoms with Crippen LogP contribution in [0.2, 0.25) is 0 Å². The summed E-state index contributed by atoms with van der Waals surface area (Å²) in [5.74, 6) is 0.650. The fourth-order valence-electron chi connectivity index (χ4n) is 1.98. The molecule has 0 spiro atoms. The molecule has 0 unspecified atom stereocenters. The number of amidine groups is 1. The molecule has 0 fully saturated rings. The number of nitrogens with zero attached hydrogens (tertiary/aromatic N) is 2. The number of thioether (sulfide) groups is 1. The van der Waals surface area contributed by atoms with Crippen LogP contribution < -0.4 is 5.01 Å². The molecule has 0 aromatic heterocycles. The van der Waals surface area contributed by atoms with Gasteiger partial charge < -0.3 is 0 Å². The van der Waals surface area contributed by atoms with Crippen molar-refractivity contribution in [2.45, 2.75) is 19.6 Å². The van der Waals surface area contributed by atoms with E-state index in [1.54, 1.807) is 0 Å². The van der Waals surface area contributed by atoms with Crippen molar-refractivity contribution in [1.82, 2.24) is 0 Å². The largest absolute Gasteiger partial charge is 0.277 e. The Morgan fingerprint density at radius 3 is 2.64 bits per heavy atom. The van der Waals surface area contributed by atoms with E-state index in [1.165, 1.54) is 16.8 Å². The van der Waals surface area contributed by atoms with Gasteiger partial charge in [-0.3, -0.25) is 5.41 Å². The average molecular weight is 377 g/mol. The van der Waals surface area contributed by atoms with Gasteiger partial charge in [0.25, 0.3) is 0 Å². The van der Waals surface area contributed by atoms with Crippen molar-refractivity contribution in [1.29, 1.82) is 10.9 Å². The summed E-state index contributed by atoms with van der Waals surface area (Å²) in [6, 6.07) is 13.9. The van der Waals surface area contributed by atoms with E-state index >= 15 is 0 Å². The molecule has 4 nitrogen and oxygen atoms in total. The van der Waals surface area contributed by atoms with Gasteiger partial charge in [-0.25, -0.2) is 0 Å². The quantitative estimate of drug-likeness (QED) is 0.311. The van der Waals surface area contributed by atoms with E-state index in [9.17, 15) is 0 Å². The van der Waals surface area contributed by atoms with Gasteiger partial charge in [0.1, 0.15) is 0 Å². The van der Waals surface area contributed by atoms with Crippen LogP contribution in [0.4, 0.5) is 5.69 Å². The van der Waals surface area contributed by atoms with Crippen molar-refractivity contribution < 1.29 is 0 Å². The van der Waals surface area contributed by atoms with Gasteiger partial charge in [-0.1, -0.05) is 63.2 Å². The second kappa shape index (κ2) is 7.56. The lowest BCUT2D eigenvalue weighted by atomic mass is 10.1. The lowest BCUT2D eigenvalue weighted by molar-refractivity contribution is 0.943. The molecule has 2 N–H and O–H groups in total. The van der Waals surface area contributed by atoms with E-state index in [4.69, 9.17) is 10.9 Å². The summed E-state index contributed by atoms with van der Waals surface area (Å²) in [6.45, 7) is 3.95. The molecule has 0 amide bonds. The summed E-state index contributed by atoms with van der Waals surface area (Å²) in [7, 11) is 0. The number of nitrogens with one attached hydrogen (secondary N) is 2. The van der Waals surface area contributed by atoms with Crippen LogP contribution in [-0.4, -0.2) is 5.17 Å². The minimum absolute atomic E-state index is 0.236. The maximum atomic E-state index is 8.23. The van der Waals surface area contributed by atoms with Crippen molar-refractivity contribution >= 4 is 38.5 Å². The van der Waals surface area contributed by atoms with Gasteiger partial charge in [0.2, 0.25) is 0 Å². The highest BCUT2D eigenvalue weighted by Gasteiger charge is 2.15. The molecule has 0 saturated heterocycles. The first kappa shape index (κ1) is 16.7. The van der Waals surface area contributed by atoms with Crippen LogP contribution in [0.25, 0.3) is 0 Å². The highest BCUT2D eigenvalue weighted by molar-refractivity contribution is 9.10. The van der Waals surface area contributed by atoms with Crippen molar-refractivity contribution in [3.8, 4) is 0 Å². The molecular formula is C16H17BrN4S. The van der Waals surface area contributed by atoms with Gasteiger partial charge in [-0.15, -0.1) is 0 Å². The summed E-state index contributed by atoms with van der Waals surface area (Å²) in [6.07, 6.45) is 0. The second-order valence-electron chi connectivity index (χ2n) is 4.89. The van der Waals surface area contributed by atoms with Crippen LogP contribution in [0.15, 0.2) is 52.2 Å². The van der Waals surface area contributed by atoms with E-state index in [2.05, 4.69) is 21.2 Å². The van der Waals surface area contributed by atoms with Gasteiger partial charge in [0.15, 0.2) is 5.17 Å². The van der Waals surface area contributed by atoms with Crippen molar-refractivity contribution in [2.75, 3.05) is 5.01 Å². The standard InChI is InChI=1S/C16H17BrN4S/c1-11-7-8-12(2)15(9-11)21(20-19)16(18)22-10-13-5-3-4-6-14(13)17/h3-9,18-19H,10H2,1-2H3. The predicted molar refractivity (Wildman–Crippen MR) is 96.7 cm³/mol. The van der Waals surface area contributed by atoms with Crippen LogP contribution in [0.1, 0.15) is 16.7 Å². The third-order valence-electron chi connectivity index (χ3n) is 3.21. The highest BCUT2D eigenvalue weighted by atomic mass is 79.9. The molecule has 0 saturated carbocycles. The average Bonchev–Trinajstić information content (AvgIpc) is 2.50. The molecule has 0 aliphatic carbocycles. The molecule has 0 aliphatic rings. The van der Waals surface area contributed by atoms with E-state index in [0.717, 1.165) is 26.9 Å². The fourth-order valence-corrected chi connectivity index (χ4v) is 3.39. The lowest BCUT2D eigenvalue weighted by Crippen LogP contribution is -2.22. The van der Waals surface area contributed by atoms with Crippen LogP contribution in [0.3, 0.4) is 0 Å². The van der Waals surface area contributed by atoms with Crippen LogP contribution in [0, 0.1) is 24.8 Å². The number of hydrogen-bond acceptors (Lipinski definition) is 4. The topological polar surface area (TPSA) is 63.3 Å². The summed E-state index contributed by atoms with van der Waals surface area (Å²) >= 11 is 4.86. The van der Waals surface area contributed by atoms with Crippen molar-refractivity contribution in [2.24, 2.45) is 5.22 Å². The zero-order valence-corrected chi connectivity index (χ0v) is 14.8. The minimum Gasteiger partial charge on any atom is -0.277 e. The molecule has 2 aromatic rings. The molecule has 0 atom stereocenters. The second-order valence-corrected chi connectivity index (χ2v) is 6.71. The maximum absolute atomic E-state index is 8.23. The number of aryl methyl sites for hydroxylation is 2. The van der Waals surface area contributed by atoms with Crippen LogP contribution >= 0.6 is 27.7 Å². The number of hydrogen-bond donors (Lipinski definition) is 2. The van der Waals surface area contributed by atoms with Crippen LogP contribution in [-0.2, 0) is 5.75 Å². The Kier molecular flexibility index (Phi) is 5.74. The predicted octanol–water partition coefficient (Wildman–Crippen LogP) is 5.69. The Morgan fingerprint density at radius 1 is 1.23 bits per heavy atom. The maximum Gasteiger partial charge on any atom is 0.183 e. The zero-order chi connectivity index (χ0) is 16.1. The Labute approximate surface area is 143 Å². The third-order valence-corrected chi connectivity index (χ3v) is 4.88. The lowest BCUT2D eigenvalue weighted by Gasteiger charge is -2.19. The normalized spacial score (nSPS) is 10.3. The SMILES string of the molecule is Cc1ccc(C)c(N(N=N)C(=N)SCc2ccccc2Br)c1. The summed E-state index contributed by atoms with van der Waals surface area (Å²) < 4.78 is 1.02. The van der Waals surface area contributed by atoms with Gasteiger partial charge in [0, 0.05) is 10.2 Å². The van der Waals surface area contributed by atoms with Crippen LogP contribution in [0.5, 0.6) is 0 Å². The molecule has 0 heterocycles. The van der Waals surface area contributed by atoms with E-state index in [-0.39, 0.29) is 5.17 Å². The number of benzene rings is 2. The molecule has 2 aromatic carbocycles. The monoisotopic (exact) mass is 376 g/mol. The van der Waals surface area contributed by atoms with E-state index < -0.39 is 0 Å². The first-order valence-electron chi connectivity index (χ1n) is 6.72. The van der Waals surface area contributed by atoms with Gasteiger partial charge in [0.05, 0.1) is 5.69 Å². The molecule has 22 heavy (non-hydrogen) atoms. The molecule has 0 aliphatic heterocycles. The number of halogens is 1. The van der Waals surface area contributed by atoms with Crippen molar-refractivity contribution in [3.05, 3.63) is 63.6 Å². The highest BCUT2D eigenvalue weighted by Crippen LogP contribution is 2.27. The smallest absolute Gasteiger partial charge is 0.183 e. The first-order valence-corrected chi connectivity index (χ1v) is 8.50. The van der Waals surface area contributed by atoms with Gasteiger partial charge in [-0.2, -0.15) is 10.5 Å². The number of rotatable bonds is 4. The Hall–Kier alpha value is -1.66. The molecule has 6 heteroatoms. The summed E-state index contributed by atoms with van der Waals surface area (Å²) in [5.41, 5.74) is 11.4. The fraction of sp³-hybridized carbons (Fsp3) is 0.188. The van der Waals surface area contributed by atoms with E-state index in [0.29, 0.717) is 5.75 Å². The molecular weight excluding hydrogens is 360 g/mol. The van der Waals surface area contributed by atoms with E-state index in [1.807, 2.05) is 56.3 Å². The van der Waals surface area contributed by atoms with Gasteiger partial charge in [-0.05, 0) is 42.7 Å². The molecule has 2 rings (SSSR count). The zero-order valence-electron chi connectivity index (χ0n) is 12.4. The Balaban J connectivity index is 2.14.